The second kappa shape index (κ2) is 5.24. The van der Waals surface area contributed by atoms with Crippen molar-refractivity contribution >= 4 is 10.0 Å². The average Bonchev–Trinajstić information content (AvgIpc) is 3.10. The molecule has 0 spiro atoms. The highest BCUT2D eigenvalue weighted by molar-refractivity contribution is 7.89. The first-order valence-electron chi connectivity index (χ1n) is 6.65. The number of nitrogens with zero attached hydrogens (tertiary/aromatic N) is 1. The standard InChI is InChI=1S/C12H23NO3S/c1-10-3-2-7-13(12(10)9-14)17(15,16)8-6-11-4-5-11/h10-12,14H,2-9H2,1H3. The number of hydrogen-bond acceptors (Lipinski definition) is 3. The second-order valence-corrected chi connectivity index (χ2v) is 7.57. The molecule has 100 valence electrons. The largest absolute Gasteiger partial charge is 0.395 e. The van der Waals surface area contributed by atoms with Crippen LogP contribution in [0.5, 0.6) is 0 Å². The van der Waals surface area contributed by atoms with Gasteiger partial charge in [0, 0.05) is 6.54 Å². The molecule has 0 aromatic rings. The number of sulfonamides is 1. The molecule has 17 heavy (non-hydrogen) atoms. The zero-order valence-corrected chi connectivity index (χ0v) is 11.3. The van der Waals surface area contributed by atoms with Crippen molar-refractivity contribution in [3.05, 3.63) is 0 Å². The van der Waals surface area contributed by atoms with Crippen LogP contribution in [0.15, 0.2) is 0 Å². The lowest BCUT2D eigenvalue weighted by atomic mass is 9.93. The third kappa shape index (κ3) is 3.20. The molecule has 0 amide bonds. The van der Waals surface area contributed by atoms with Gasteiger partial charge in [0.25, 0.3) is 0 Å². The molecule has 2 rings (SSSR count). The molecule has 1 aliphatic heterocycles. The summed E-state index contributed by atoms with van der Waals surface area (Å²) in [5.41, 5.74) is 0. The molecule has 0 bridgehead atoms. The first-order chi connectivity index (χ1) is 8.04. The Morgan fingerprint density at radius 2 is 2.00 bits per heavy atom. The molecule has 2 atom stereocenters. The Labute approximate surface area is 104 Å². The third-order valence-corrected chi connectivity index (χ3v) is 6.01. The monoisotopic (exact) mass is 261 g/mol. The van der Waals surface area contributed by atoms with Crippen molar-refractivity contribution < 1.29 is 13.5 Å². The molecule has 1 saturated heterocycles. The average molecular weight is 261 g/mol. The van der Waals surface area contributed by atoms with Gasteiger partial charge in [0.15, 0.2) is 0 Å². The van der Waals surface area contributed by atoms with Gasteiger partial charge in [0.1, 0.15) is 0 Å². The molecule has 4 nitrogen and oxygen atoms in total. The van der Waals surface area contributed by atoms with Crippen LogP contribution in [-0.2, 0) is 10.0 Å². The van der Waals surface area contributed by atoms with Gasteiger partial charge in [-0.05, 0) is 31.1 Å². The van der Waals surface area contributed by atoms with Gasteiger partial charge in [-0.15, -0.1) is 0 Å². The second-order valence-electron chi connectivity index (χ2n) is 5.53. The molecular formula is C12H23NO3S. The minimum Gasteiger partial charge on any atom is -0.395 e. The van der Waals surface area contributed by atoms with Gasteiger partial charge in [-0.2, -0.15) is 4.31 Å². The first-order valence-corrected chi connectivity index (χ1v) is 8.26. The molecule has 1 N–H and O–H groups in total. The zero-order valence-electron chi connectivity index (χ0n) is 10.5. The maximum absolute atomic E-state index is 12.2. The Morgan fingerprint density at radius 1 is 1.29 bits per heavy atom. The van der Waals surface area contributed by atoms with Crippen molar-refractivity contribution in [1.82, 2.24) is 4.31 Å². The van der Waals surface area contributed by atoms with E-state index in [1.54, 1.807) is 4.31 Å². The van der Waals surface area contributed by atoms with Crippen LogP contribution in [0.3, 0.4) is 0 Å². The number of hydrogen-bond donors (Lipinski definition) is 1. The van der Waals surface area contributed by atoms with E-state index in [4.69, 9.17) is 0 Å². The molecule has 2 aliphatic rings. The van der Waals surface area contributed by atoms with Crippen molar-refractivity contribution in [2.24, 2.45) is 11.8 Å². The Bertz CT molecular complexity index is 351. The van der Waals surface area contributed by atoms with E-state index >= 15 is 0 Å². The number of rotatable bonds is 5. The quantitative estimate of drug-likeness (QED) is 0.809. The summed E-state index contributed by atoms with van der Waals surface area (Å²) in [6.07, 6.45) is 5.11. The fourth-order valence-electron chi connectivity index (χ4n) is 2.67. The summed E-state index contributed by atoms with van der Waals surface area (Å²) in [7, 11) is -3.16. The van der Waals surface area contributed by atoms with E-state index < -0.39 is 10.0 Å². The molecular weight excluding hydrogens is 238 g/mol. The summed E-state index contributed by atoms with van der Waals surface area (Å²) < 4.78 is 26.1. The SMILES string of the molecule is CC1CCCN(S(=O)(=O)CCC2CC2)C1CO. The third-order valence-electron chi connectivity index (χ3n) is 4.09. The maximum Gasteiger partial charge on any atom is 0.214 e. The fraction of sp³-hybridized carbons (Fsp3) is 1.00. The Hall–Kier alpha value is -0.130. The van der Waals surface area contributed by atoms with Gasteiger partial charge in [0.05, 0.1) is 18.4 Å². The summed E-state index contributed by atoms with van der Waals surface area (Å²) in [5.74, 6) is 1.17. The molecule has 5 heteroatoms. The molecule has 2 unspecified atom stereocenters. The fourth-order valence-corrected chi connectivity index (χ4v) is 4.63. The van der Waals surface area contributed by atoms with Gasteiger partial charge < -0.3 is 5.11 Å². The normalized spacial score (nSPS) is 31.6. The summed E-state index contributed by atoms with van der Waals surface area (Å²) in [4.78, 5) is 0. The summed E-state index contributed by atoms with van der Waals surface area (Å²) >= 11 is 0. The summed E-state index contributed by atoms with van der Waals surface area (Å²) in [5, 5.41) is 9.38. The van der Waals surface area contributed by atoms with E-state index in [1.807, 2.05) is 6.92 Å². The molecule has 1 saturated carbocycles. The van der Waals surface area contributed by atoms with Crippen molar-refractivity contribution in [3.63, 3.8) is 0 Å². The van der Waals surface area contributed by atoms with Crippen molar-refractivity contribution in [2.45, 2.75) is 45.1 Å². The Balaban J connectivity index is 2.01. The van der Waals surface area contributed by atoms with Crippen molar-refractivity contribution in [2.75, 3.05) is 18.9 Å². The highest BCUT2D eigenvalue weighted by Crippen LogP contribution is 2.34. The summed E-state index contributed by atoms with van der Waals surface area (Å²) in [6, 6.07) is -0.201. The molecule has 0 aromatic heterocycles. The predicted molar refractivity (Wildman–Crippen MR) is 67.1 cm³/mol. The lowest BCUT2D eigenvalue weighted by Gasteiger charge is -2.37. The molecule has 2 fully saturated rings. The predicted octanol–water partition coefficient (Wildman–Crippen LogP) is 1.21. The van der Waals surface area contributed by atoms with Gasteiger partial charge in [-0.3, -0.25) is 0 Å². The maximum atomic E-state index is 12.2. The number of piperidine rings is 1. The van der Waals surface area contributed by atoms with Crippen LogP contribution < -0.4 is 0 Å². The highest BCUT2D eigenvalue weighted by Gasteiger charge is 2.36. The van der Waals surface area contributed by atoms with Crippen LogP contribution in [0.2, 0.25) is 0 Å². The van der Waals surface area contributed by atoms with E-state index in [1.165, 1.54) is 12.8 Å². The first kappa shape index (κ1) is 13.3. The highest BCUT2D eigenvalue weighted by atomic mass is 32.2. The van der Waals surface area contributed by atoms with Crippen LogP contribution in [0, 0.1) is 11.8 Å². The van der Waals surface area contributed by atoms with Crippen molar-refractivity contribution in [1.29, 1.82) is 0 Å². The molecule has 1 heterocycles. The van der Waals surface area contributed by atoms with E-state index in [9.17, 15) is 13.5 Å². The minimum absolute atomic E-state index is 0.0518. The van der Waals surface area contributed by atoms with Gasteiger partial charge in [0.2, 0.25) is 10.0 Å². The van der Waals surface area contributed by atoms with Gasteiger partial charge >= 0.3 is 0 Å². The van der Waals surface area contributed by atoms with Crippen LogP contribution in [-0.4, -0.2) is 42.8 Å². The van der Waals surface area contributed by atoms with Crippen molar-refractivity contribution in [3.8, 4) is 0 Å². The number of aliphatic hydroxyl groups is 1. The number of aliphatic hydroxyl groups excluding tert-OH is 1. The molecule has 1 aliphatic carbocycles. The minimum atomic E-state index is -3.16. The van der Waals surface area contributed by atoms with E-state index in [0.29, 0.717) is 12.5 Å². The Morgan fingerprint density at radius 3 is 2.59 bits per heavy atom. The smallest absolute Gasteiger partial charge is 0.214 e. The molecule has 0 aromatic carbocycles. The van der Waals surface area contributed by atoms with Gasteiger partial charge in [-0.25, -0.2) is 8.42 Å². The molecule has 0 radical (unpaired) electrons. The van der Waals surface area contributed by atoms with Gasteiger partial charge in [-0.1, -0.05) is 19.8 Å². The topological polar surface area (TPSA) is 57.6 Å². The summed E-state index contributed by atoms with van der Waals surface area (Å²) in [6.45, 7) is 2.57. The van der Waals surface area contributed by atoms with Crippen LogP contribution in [0.1, 0.15) is 39.0 Å². The van der Waals surface area contributed by atoms with Crippen LogP contribution in [0.4, 0.5) is 0 Å². The van der Waals surface area contributed by atoms with Crippen LogP contribution >= 0.6 is 0 Å². The van der Waals surface area contributed by atoms with E-state index in [0.717, 1.165) is 19.3 Å². The lowest BCUT2D eigenvalue weighted by Crippen LogP contribution is -2.50. The lowest BCUT2D eigenvalue weighted by molar-refractivity contribution is 0.113. The van der Waals surface area contributed by atoms with E-state index in [2.05, 4.69) is 0 Å². The zero-order chi connectivity index (χ0) is 12.5. The van der Waals surface area contributed by atoms with E-state index in [-0.39, 0.29) is 24.3 Å². The van der Waals surface area contributed by atoms with Crippen LogP contribution in [0.25, 0.3) is 0 Å². The Kier molecular flexibility index (Phi) is 4.10.